The van der Waals surface area contributed by atoms with Crippen LogP contribution in [0.5, 0.6) is 0 Å². The summed E-state index contributed by atoms with van der Waals surface area (Å²) in [6.07, 6.45) is 0. The molecule has 0 atom stereocenters. The van der Waals surface area contributed by atoms with E-state index in [9.17, 15) is 4.79 Å². The molecular formula is C18H17N5O. The minimum Gasteiger partial charge on any atom is -0.340 e. The highest BCUT2D eigenvalue weighted by molar-refractivity contribution is 5.76. The lowest BCUT2D eigenvalue weighted by Gasteiger charge is -2.18. The van der Waals surface area contributed by atoms with Gasteiger partial charge in [-0.1, -0.05) is 24.3 Å². The van der Waals surface area contributed by atoms with E-state index in [1.165, 1.54) is 0 Å². The first-order valence-electron chi connectivity index (χ1n) is 7.82. The molecule has 0 aliphatic rings. The molecule has 0 spiro atoms. The third kappa shape index (κ3) is 2.74. The van der Waals surface area contributed by atoms with Crippen LogP contribution in [0.1, 0.15) is 18.6 Å². The Hall–Kier alpha value is -3.15. The third-order valence-corrected chi connectivity index (χ3v) is 4.00. The first kappa shape index (κ1) is 14.4. The van der Waals surface area contributed by atoms with Crippen molar-refractivity contribution in [2.24, 2.45) is 0 Å². The predicted molar refractivity (Wildman–Crippen MR) is 92.1 cm³/mol. The molecule has 2 aromatic heterocycles. The fourth-order valence-electron chi connectivity index (χ4n) is 2.80. The molecule has 0 aliphatic carbocycles. The largest absolute Gasteiger partial charge is 0.340 e. The van der Waals surface area contributed by atoms with E-state index in [4.69, 9.17) is 0 Å². The van der Waals surface area contributed by atoms with Gasteiger partial charge in [0, 0.05) is 6.92 Å². The van der Waals surface area contributed by atoms with E-state index >= 15 is 0 Å². The monoisotopic (exact) mass is 319 g/mol. The van der Waals surface area contributed by atoms with Crippen molar-refractivity contribution in [2.45, 2.75) is 20.0 Å². The molecule has 24 heavy (non-hydrogen) atoms. The fraction of sp³-hybridized carbons (Fsp3) is 0.167. The van der Waals surface area contributed by atoms with E-state index in [1.807, 2.05) is 48.5 Å². The van der Waals surface area contributed by atoms with E-state index in [1.54, 1.807) is 11.8 Å². The van der Waals surface area contributed by atoms with Crippen LogP contribution < -0.4 is 0 Å². The van der Waals surface area contributed by atoms with Crippen LogP contribution in [0.25, 0.3) is 22.1 Å². The number of hydrogen-bond acceptors (Lipinski definition) is 3. The van der Waals surface area contributed by atoms with E-state index < -0.39 is 0 Å². The summed E-state index contributed by atoms with van der Waals surface area (Å²) in [7, 11) is 0. The number of nitrogens with one attached hydrogen (secondary N) is 2. The van der Waals surface area contributed by atoms with Crippen LogP contribution >= 0.6 is 0 Å². The highest BCUT2D eigenvalue weighted by Crippen LogP contribution is 2.15. The van der Waals surface area contributed by atoms with Gasteiger partial charge >= 0.3 is 0 Å². The molecule has 0 bridgehead atoms. The summed E-state index contributed by atoms with van der Waals surface area (Å²) in [5.41, 5.74) is 3.75. The molecule has 120 valence electrons. The number of amides is 1. The molecular weight excluding hydrogens is 302 g/mol. The second-order valence-electron chi connectivity index (χ2n) is 5.78. The third-order valence-electron chi connectivity index (χ3n) is 4.00. The van der Waals surface area contributed by atoms with Crippen LogP contribution in [-0.4, -0.2) is 30.7 Å². The Morgan fingerprint density at radius 2 is 1.33 bits per heavy atom. The van der Waals surface area contributed by atoms with Crippen molar-refractivity contribution in [3.8, 4) is 0 Å². The van der Waals surface area contributed by atoms with Crippen molar-refractivity contribution in [2.75, 3.05) is 0 Å². The summed E-state index contributed by atoms with van der Waals surface area (Å²) < 4.78 is 0. The summed E-state index contributed by atoms with van der Waals surface area (Å²) in [6.45, 7) is 2.40. The Kier molecular flexibility index (Phi) is 3.49. The van der Waals surface area contributed by atoms with Crippen LogP contribution in [0, 0.1) is 0 Å². The minimum absolute atomic E-state index is 0.0177. The highest BCUT2D eigenvalue weighted by Gasteiger charge is 2.15. The van der Waals surface area contributed by atoms with Crippen LogP contribution in [0.2, 0.25) is 0 Å². The molecule has 2 N–H and O–H groups in total. The lowest BCUT2D eigenvalue weighted by atomic mass is 10.3. The molecule has 0 aliphatic heterocycles. The first-order valence-corrected chi connectivity index (χ1v) is 7.82. The van der Waals surface area contributed by atoms with Crippen LogP contribution in [0.15, 0.2) is 48.5 Å². The lowest BCUT2D eigenvalue weighted by molar-refractivity contribution is -0.130. The maximum atomic E-state index is 12.0. The molecule has 6 nitrogen and oxygen atoms in total. The zero-order valence-corrected chi connectivity index (χ0v) is 13.3. The number of carbonyl (C=O) groups is 1. The summed E-state index contributed by atoms with van der Waals surface area (Å²) in [5, 5.41) is 0. The summed E-state index contributed by atoms with van der Waals surface area (Å²) in [4.78, 5) is 29.3. The quantitative estimate of drug-likeness (QED) is 0.607. The summed E-state index contributed by atoms with van der Waals surface area (Å²) in [5.74, 6) is 1.51. The minimum atomic E-state index is -0.0177. The summed E-state index contributed by atoms with van der Waals surface area (Å²) >= 11 is 0. The van der Waals surface area contributed by atoms with Gasteiger partial charge in [-0.05, 0) is 24.3 Å². The molecule has 2 heterocycles. The van der Waals surface area contributed by atoms with Gasteiger partial charge in [-0.3, -0.25) is 4.79 Å². The number of aromatic nitrogens is 4. The zero-order valence-electron chi connectivity index (χ0n) is 13.3. The van der Waals surface area contributed by atoms with Gasteiger partial charge in [-0.25, -0.2) is 9.97 Å². The maximum Gasteiger partial charge on any atom is 0.220 e. The average molecular weight is 319 g/mol. The number of imidazole rings is 2. The van der Waals surface area contributed by atoms with E-state index in [2.05, 4.69) is 19.9 Å². The number of benzene rings is 2. The Balaban J connectivity index is 1.58. The average Bonchev–Trinajstić information content (AvgIpc) is 3.16. The highest BCUT2D eigenvalue weighted by atomic mass is 16.2. The number of para-hydroxylation sites is 4. The van der Waals surface area contributed by atoms with Gasteiger partial charge in [0.2, 0.25) is 5.91 Å². The Morgan fingerprint density at radius 3 is 1.75 bits per heavy atom. The molecule has 0 unspecified atom stereocenters. The Bertz CT molecular complexity index is 874. The maximum absolute atomic E-state index is 12.0. The van der Waals surface area contributed by atoms with E-state index in [0.29, 0.717) is 13.1 Å². The number of aromatic amines is 2. The number of hydrogen-bond donors (Lipinski definition) is 2. The molecule has 0 fully saturated rings. The Labute approximate surface area is 138 Å². The molecule has 2 aromatic carbocycles. The molecule has 0 radical (unpaired) electrons. The second kappa shape index (κ2) is 5.81. The van der Waals surface area contributed by atoms with Crippen LogP contribution in [-0.2, 0) is 17.9 Å². The number of fused-ring (bicyclic) bond motifs is 2. The predicted octanol–water partition coefficient (Wildman–Crippen LogP) is 2.99. The van der Waals surface area contributed by atoms with E-state index in [0.717, 1.165) is 33.7 Å². The normalized spacial score (nSPS) is 11.2. The number of H-pyrrole nitrogens is 2. The second-order valence-corrected chi connectivity index (χ2v) is 5.78. The Morgan fingerprint density at radius 1 is 0.875 bits per heavy atom. The van der Waals surface area contributed by atoms with Gasteiger partial charge in [0.1, 0.15) is 11.6 Å². The van der Waals surface area contributed by atoms with Crippen molar-refractivity contribution < 1.29 is 4.79 Å². The summed E-state index contributed by atoms with van der Waals surface area (Å²) in [6, 6.07) is 15.7. The fourth-order valence-corrected chi connectivity index (χ4v) is 2.80. The zero-order chi connectivity index (χ0) is 16.5. The smallest absolute Gasteiger partial charge is 0.220 e. The molecule has 0 saturated carbocycles. The lowest BCUT2D eigenvalue weighted by Crippen LogP contribution is -2.28. The number of carbonyl (C=O) groups excluding carboxylic acids is 1. The number of rotatable bonds is 4. The molecule has 0 saturated heterocycles. The standard InChI is InChI=1S/C18H17N5O/c1-12(24)23(10-17-19-13-6-2-3-7-14(13)20-17)11-18-21-15-8-4-5-9-16(15)22-18/h2-9H,10-11H2,1H3,(H,19,20)(H,21,22). The first-order chi connectivity index (χ1) is 11.7. The molecule has 4 rings (SSSR count). The van der Waals surface area contributed by atoms with Crippen LogP contribution in [0.4, 0.5) is 0 Å². The van der Waals surface area contributed by atoms with Crippen LogP contribution in [0.3, 0.4) is 0 Å². The van der Waals surface area contributed by atoms with Gasteiger partial charge in [0.05, 0.1) is 35.2 Å². The van der Waals surface area contributed by atoms with Gasteiger partial charge in [-0.2, -0.15) is 0 Å². The topological polar surface area (TPSA) is 77.7 Å². The van der Waals surface area contributed by atoms with E-state index in [-0.39, 0.29) is 5.91 Å². The van der Waals surface area contributed by atoms with Gasteiger partial charge < -0.3 is 14.9 Å². The van der Waals surface area contributed by atoms with Gasteiger partial charge in [-0.15, -0.1) is 0 Å². The van der Waals surface area contributed by atoms with Crippen molar-refractivity contribution in [3.05, 3.63) is 60.2 Å². The molecule has 6 heteroatoms. The molecule has 1 amide bonds. The van der Waals surface area contributed by atoms with Gasteiger partial charge in [0.15, 0.2) is 0 Å². The number of nitrogens with zero attached hydrogens (tertiary/aromatic N) is 3. The van der Waals surface area contributed by atoms with Crippen molar-refractivity contribution in [1.82, 2.24) is 24.8 Å². The van der Waals surface area contributed by atoms with Crippen molar-refractivity contribution in [3.63, 3.8) is 0 Å². The van der Waals surface area contributed by atoms with Crippen molar-refractivity contribution in [1.29, 1.82) is 0 Å². The molecule has 4 aromatic rings. The van der Waals surface area contributed by atoms with Gasteiger partial charge in [0.25, 0.3) is 0 Å². The van der Waals surface area contributed by atoms with Crippen molar-refractivity contribution >= 4 is 28.0 Å². The SMILES string of the molecule is CC(=O)N(Cc1nc2ccccc2[nH]1)Cc1nc2ccccc2[nH]1.